The summed E-state index contributed by atoms with van der Waals surface area (Å²) < 4.78 is 6.97. The SMILES string of the molecule is COCCC(=O)NC(C)c1cccc(-c2cc3c(ncc4ncn(C)c43)[nH]2)c1. The second-order valence-corrected chi connectivity index (χ2v) is 6.95. The van der Waals surface area contributed by atoms with Crippen LogP contribution in [0.5, 0.6) is 0 Å². The number of hydrogen-bond acceptors (Lipinski definition) is 4. The molecule has 1 amide bonds. The van der Waals surface area contributed by atoms with E-state index in [0.717, 1.165) is 38.9 Å². The third-order valence-electron chi connectivity index (χ3n) is 4.94. The van der Waals surface area contributed by atoms with E-state index in [9.17, 15) is 4.79 Å². The fourth-order valence-corrected chi connectivity index (χ4v) is 3.45. The molecule has 7 heteroatoms. The first-order chi connectivity index (χ1) is 13.6. The number of hydrogen-bond donors (Lipinski definition) is 2. The predicted molar refractivity (Wildman–Crippen MR) is 109 cm³/mol. The smallest absolute Gasteiger partial charge is 0.222 e. The van der Waals surface area contributed by atoms with Crippen molar-refractivity contribution in [2.75, 3.05) is 13.7 Å². The van der Waals surface area contributed by atoms with Crippen molar-refractivity contribution in [1.82, 2.24) is 24.8 Å². The molecule has 0 aliphatic carbocycles. The Labute approximate surface area is 162 Å². The summed E-state index contributed by atoms with van der Waals surface area (Å²) in [5, 5.41) is 4.05. The number of amides is 1. The van der Waals surface area contributed by atoms with Crippen LogP contribution in [0.2, 0.25) is 0 Å². The average molecular weight is 377 g/mol. The number of fused-ring (bicyclic) bond motifs is 3. The van der Waals surface area contributed by atoms with Gasteiger partial charge in [0.25, 0.3) is 0 Å². The molecule has 1 aromatic carbocycles. The molecule has 1 atom stereocenters. The topological polar surface area (TPSA) is 84.8 Å². The third-order valence-corrected chi connectivity index (χ3v) is 4.94. The summed E-state index contributed by atoms with van der Waals surface area (Å²) in [6, 6.07) is 10.2. The van der Waals surface area contributed by atoms with Crippen LogP contribution in [0.25, 0.3) is 33.3 Å². The Morgan fingerprint density at radius 3 is 3.00 bits per heavy atom. The summed E-state index contributed by atoms with van der Waals surface area (Å²) in [4.78, 5) is 24.2. The minimum Gasteiger partial charge on any atom is -0.384 e. The summed E-state index contributed by atoms with van der Waals surface area (Å²) in [7, 11) is 3.57. The maximum absolute atomic E-state index is 12.0. The van der Waals surface area contributed by atoms with Crippen LogP contribution < -0.4 is 5.32 Å². The lowest BCUT2D eigenvalue weighted by atomic mass is 10.0. The van der Waals surface area contributed by atoms with Crippen LogP contribution in [-0.4, -0.2) is 39.1 Å². The normalized spacial score (nSPS) is 12.5. The largest absolute Gasteiger partial charge is 0.384 e. The second-order valence-electron chi connectivity index (χ2n) is 6.95. The molecule has 3 aromatic heterocycles. The van der Waals surface area contributed by atoms with E-state index >= 15 is 0 Å². The second kappa shape index (κ2) is 7.44. The van der Waals surface area contributed by atoms with Gasteiger partial charge in [0.1, 0.15) is 11.2 Å². The van der Waals surface area contributed by atoms with Crippen LogP contribution in [0.3, 0.4) is 0 Å². The van der Waals surface area contributed by atoms with E-state index in [0.29, 0.717) is 13.0 Å². The Kier molecular flexibility index (Phi) is 4.83. The zero-order valence-electron chi connectivity index (χ0n) is 16.2. The number of nitrogens with zero attached hydrogens (tertiary/aromatic N) is 3. The van der Waals surface area contributed by atoms with Crippen LogP contribution in [0.15, 0.2) is 42.9 Å². The van der Waals surface area contributed by atoms with E-state index in [4.69, 9.17) is 4.74 Å². The van der Waals surface area contributed by atoms with Crippen molar-refractivity contribution in [1.29, 1.82) is 0 Å². The number of carbonyl (C=O) groups excluding carboxylic acids is 1. The van der Waals surface area contributed by atoms with Crippen molar-refractivity contribution in [3.63, 3.8) is 0 Å². The number of methoxy groups -OCH3 is 1. The number of aromatic amines is 1. The minimum atomic E-state index is -0.0874. The van der Waals surface area contributed by atoms with Crippen molar-refractivity contribution in [2.45, 2.75) is 19.4 Å². The summed E-state index contributed by atoms with van der Waals surface area (Å²) in [6.45, 7) is 2.40. The molecule has 0 saturated heterocycles. The Bertz CT molecular complexity index is 1140. The summed E-state index contributed by atoms with van der Waals surface area (Å²) in [5.41, 5.74) is 5.84. The number of aromatic nitrogens is 4. The molecule has 0 saturated carbocycles. The van der Waals surface area contributed by atoms with Gasteiger partial charge in [-0.05, 0) is 30.2 Å². The van der Waals surface area contributed by atoms with E-state index < -0.39 is 0 Å². The Morgan fingerprint density at radius 1 is 1.32 bits per heavy atom. The van der Waals surface area contributed by atoms with E-state index in [2.05, 4.69) is 32.4 Å². The molecule has 0 fully saturated rings. The highest BCUT2D eigenvalue weighted by Crippen LogP contribution is 2.29. The van der Waals surface area contributed by atoms with Crippen LogP contribution in [0.4, 0.5) is 0 Å². The van der Waals surface area contributed by atoms with Gasteiger partial charge in [0.15, 0.2) is 0 Å². The number of pyridine rings is 1. The van der Waals surface area contributed by atoms with Gasteiger partial charge in [-0.15, -0.1) is 0 Å². The van der Waals surface area contributed by atoms with Crippen LogP contribution >= 0.6 is 0 Å². The Balaban J connectivity index is 1.65. The van der Waals surface area contributed by atoms with E-state index in [1.54, 1.807) is 19.6 Å². The van der Waals surface area contributed by atoms with Crippen molar-refractivity contribution in [3.8, 4) is 11.3 Å². The van der Waals surface area contributed by atoms with Crippen LogP contribution in [0, 0.1) is 0 Å². The van der Waals surface area contributed by atoms with Gasteiger partial charge in [-0.1, -0.05) is 18.2 Å². The van der Waals surface area contributed by atoms with Crippen molar-refractivity contribution < 1.29 is 9.53 Å². The van der Waals surface area contributed by atoms with Gasteiger partial charge in [-0.25, -0.2) is 9.97 Å². The quantitative estimate of drug-likeness (QED) is 0.540. The number of nitrogens with one attached hydrogen (secondary N) is 2. The number of carbonyl (C=O) groups is 1. The molecule has 144 valence electrons. The van der Waals surface area contributed by atoms with Gasteiger partial charge < -0.3 is 19.6 Å². The highest BCUT2D eigenvalue weighted by atomic mass is 16.5. The average Bonchev–Trinajstić information content (AvgIpc) is 3.30. The zero-order chi connectivity index (χ0) is 19.7. The highest BCUT2D eigenvalue weighted by Gasteiger charge is 2.13. The zero-order valence-corrected chi connectivity index (χ0v) is 16.2. The molecular weight excluding hydrogens is 354 g/mol. The molecule has 3 heterocycles. The molecule has 0 aliphatic rings. The standard InChI is InChI=1S/C21H23N5O2/c1-13(24-19(27)7-8-28-3)14-5-4-6-15(9-14)17-10-16-20-18(23-12-26(20)2)11-22-21(16)25-17/h4-6,9-13H,7-8H2,1-3H3,(H,22,25)(H,24,27). The molecule has 4 aromatic rings. The molecule has 2 N–H and O–H groups in total. The molecule has 0 spiro atoms. The van der Waals surface area contributed by atoms with Gasteiger partial charge in [-0.3, -0.25) is 4.79 Å². The number of ether oxygens (including phenoxy) is 1. The van der Waals surface area contributed by atoms with E-state index in [1.165, 1.54) is 0 Å². The maximum Gasteiger partial charge on any atom is 0.222 e. The van der Waals surface area contributed by atoms with Crippen molar-refractivity contribution >= 4 is 28.0 Å². The molecule has 28 heavy (non-hydrogen) atoms. The number of aryl methyl sites for hydroxylation is 1. The molecule has 1 unspecified atom stereocenters. The van der Waals surface area contributed by atoms with Crippen LogP contribution in [0.1, 0.15) is 24.9 Å². The van der Waals surface area contributed by atoms with Crippen molar-refractivity contribution in [2.24, 2.45) is 7.05 Å². The van der Waals surface area contributed by atoms with Gasteiger partial charge in [0.2, 0.25) is 5.91 Å². The Morgan fingerprint density at radius 2 is 2.18 bits per heavy atom. The maximum atomic E-state index is 12.0. The monoisotopic (exact) mass is 377 g/mol. The molecular formula is C21H23N5O2. The first kappa shape index (κ1) is 18.2. The summed E-state index contributed by atoms with van der Waals surface area (Å²) >= 11 is 0. The fourth-order valence-electron chi connectivity index (χ4n) is 3.45. The molecule has 0 aliphatic heterocycles. The highest BCUT2D eigenvalue weighted by molar-refractivity contribution is 6.03. The number of imidazole rings is 1. The first-order valence-electron chi connectivity index (χ1n) is 9.24. The lowest BCUT2D eigenvalue weighted by Crippen LogP contribution is -2.27. The molecule has 0 radical (unpaired) electrons. The lowest BCUT2D eigenvalue weighted by molar-refractivity contribution is -0.122. The van der Waals surface area contributed by atoms with Gasteiger partial charge >= 0.3 is 0 Å². The van der Waals surface area contributed by atoms with Gasteiger partial charge in [0, 0.05) is 31.7 Å². The lowest BCUT2D eigenvalue weighted by Gasteiger charge is -2.15. The summed E-state index contributed by atoms with van der Waals surface area (Å²) in [6.07, 6.45) is 3.94. The number of rotatable bonds is 6. The predicted octanol–water partition coefficient (Wildman–Crippen LogP) is 3.33. The Hall–Kier alpha value is -3.19. The van der Waals surface area contributed by atoms with Gasteiger partial charge in [-0.2, -0.15) is 0 Å². The first-order valence-corrected chi connectivity index (χ1v) is 9.24. The van der Waals surface area contributed by atoms with Crippen molar-refractivity contribution in [3.05, 3.63) is 48.4 Å². The molecule has 7 nitrogen and oxygen atoms in total. The van der Waals surface area contributed by atoms with Gasteiger partial charge in [0.05, 0.1) is 30.7 Å². The molecule has 0 bridgehead atoms. The number of benzene rings is 1. The fraction of sp³-hybridized carbons (Fsp3) is 0.286. The minimum absolute atomic E-state index is 0.0202. The van der Waals surface area contributed by atoms with E-state index in [-0.39, 0.29) is 11.9 Å². The van der Waals surface area contributed by atoms with Crippen LogP contribution in [-0.2, 0) is 16.6 Å². The molecule has 4 rings (SSSR count). The third kappa shape index (κ3) is 3.36. The van der Waals surface area contributed by atoms with E-state index in [1.807, 2.05) is 36.7 Å². The number of H-pyrrole nitrogens is 1. The summed E-state index contributed by atoms with van der Waals surface area (Å²) in [5.74, 6) is -0.0202.